The monoisotopic (exact) mass is 263 g/mol. The molecule has 2 heterocycles. The molecule has 19 heavy (non-hydrogen) atoms. The van der Waals surface area contributed by atoms with Crippen LogP contribution in [-0.4, -0.2) is 37.9 Å². The number of aromatic nitrogens is 5. The van der Waals surface area contributed by atoms with Crippen LogP contribution in [0, 0.1) is 0 Å². The highest BCUT2D eigenvalue weighted by molar-refractivity contribution is 5.88. The molecule has 0 saturated carbocycles. The van der Waals surface area contributed by atoms with Crippen molar-refractivity contribution in [2.24, 2.45) is 7.05 Å². The van der Waals surface area contributed by atoms with Crippen LogP contribution in [0.4, 0.5) is 0 Å². The van der Waals surface area contributed by atoms with Crippen LogP contribution >= 0.6 is 0 Å². The van der Waals surface area contributed by atoms with E-state index in [-0.39, 0.29) is 11.6 Å². The van der Waals surface area contributed by atoms with Gasteiger partial charge in [-0.25, -0.2) is 9.48 Å². The number of methoxy groups -OCH3 is 1. The van der Waals surface area contributed by atoms with Gasteiger partial charge < -0.3 is 4.74 Å². The predicted octanol–water partition coefficient (Wildman–Crippen LogP) is 0.970. The van der Waals surface area contributed by atoms with E-state index in [9.17, 15) is 4.79 Å². The SMILES string of the molecule is COC(=O)c1nnn(Cc2ccn(C)n2)c1C(C)C. The molecule has 0 bridgehead atoms. The molecule has 0 radical (unpaired) electrons. The number of hydrogen-bond donors (Lipinski definition) is 0. The average Bonchev–Trinajstić information content (AvgIpc) is 2.95. The Kier molecular flexibility index (Phi) is 3.64. The molecule has 7 heteroatoms. The zero-order chi connectivity index (χ0) is 14.0. The number of rotatable bonds is 4. The zero-order valence-electron chi connectivity index (χ0n) is 11.5. The second kappa shape index (κ2) is 5.21. The lowest BCUT2D eigenvalue weighted by atomic mass is 10.1. The van der Waals surface area contributed by atoms with Crippen molar-refractivity contribution in [1.29, 1.82) is 0 Å². The van der Waals surface area contributed by atoms with E-state index in [0.29, 0.717) is 6.54 Å². The number of carbonyl (C=O) groups excluding carboxylic acids is 1. The molecule has 0 aliphatic rings. The Morgan fingerprint density at radius 2 is 2.21 bits per heavy atom. The maximum absolute atomic E-state index is 11.7. The van der Waals surface area contributed by atoms with Crippen molar-refractivity contribution in [3.63, 3.8) is 0 Å². The predicted molar refractivity (Wildman–Crippen MR) is 67.8 cm³/mol. The summed E-state index contributed by atoms with van der Waals surface area (Å²) in [7, 11) is 3.19. The molecule has 0 aliphatic carbocycles. The van der Waals surface area contributed by atoms with Crippen LogP contribution in [0.1, 0.15) is 41.6 Å². The molecule has 7 nitrogen and oxygen atoms in total. The van der Waals surface area contributed by atoms with Gasteiger partial charge in [0.25, 0.3) is 0 Å². The number of carbonyl (C=O) groups is 1. The maximum atomic E-state index is 11.7. The van der Waals surface area contributed by atoms with E-state index in [1.807, 2.05) is 33.2 Å². The van der Waals surface area contributed by atoms with Crippen LogP contribution in [0.25, 0.3) is 0 Å². The van der Waals surface area contributed by atoms with E-state index >= 15 is 0 Å². The molecule has 0 unspecified atom stereocenters. The lowest BCUT2D eigenvalue weighted by Gasteiger charge is -2.09. The molecular formula is C12H17N5O2. The minimum absolute atomic E-state index is 0.118. The fraction of sp³-hybridized carbons (Fsp3) is 0.500. The minimum atomic E-state index is -0.462. The standard InChI is InChI=1S/C12H17N5O2/c1-8(2)11-10(12(18)19-4)13-15-17(11)7-9-5-6-16(3)14-9/h5-6,8H,7H2,1-4H3. The van der Waals surface area contributed by atoms with Gasteiger partial charge in [-0.15, -0.1) is 5.10 Å². The van der Waals surface area contributed by atoms with E-state index in [1.54, 1.807) is 9.36 Å². The largest absolute Gasteiger partial charge is 0.464 e. The first-order valence-electron chi connectivity index (χ1n) is 6.03. The zero-order valence-corrected chi connectivity index (χ0v) is 11.5. The molecule has 0 aromatic carbocycles. The molecule has 0 N–H and O–H groups in total. The van der Waals surface area contributed by atoms with Crippen molar-refractivity contribution in [3.05, 3.63) is 29.3 Å². The Balaban J connectivity index is 2.35. The molecule has 0 spiro atoms. The van der Waals surface area contributed by atoms with Gasteiger partial charge in [0.1, 0.15) is 0 Å². The summed E-state index contributed by atoms with van der Waals surface area (Å²) in [6.45, 7) is 4.46. The van der Waals surface area contributed by atoms with Gasteiger partial charge in [-0.3, -0.25) is 4.68 Å². The van der Waals surface area contributed by atoms with Crippen molar-refractivity contribution < 1.29 is 9.53 Å². The molecule has 0 saturated heterocycles. The fourth-order valence-electron chi connectivity index (χ4n) is 1.95. The summed E-state index contributed by atoms with van der Waals surface area (Å²) in [6.07, 6.45) is 1.86. The van der Waals surface area contributed by atoms with Crippen molar-refractivity contribution in [1.82, 2.24) is 24.8 Å². The third-order valence-corrected chi connectivity index (χ3v) is 2.78. The van der Waals surface area contributed by atoms with E-state index in [4.69, 9.17) is 4.74 Å². The maximum Gasteiger partial charge on any atom is 0.360 e. The van der Waals surface area contributed by atoms with Gasteiger partial charge in [0, 0.05) is 13.2 Å². The molecule has 2 rings (SSSR count). The molecule has 0 fully saturated rings. The summed E-state index contributed by atoms with van der Waals surface area (Å²) in [5.74, 6) is -0.344. The average molecular weight is 263 g/mol. The summed E-state index contributed by atoms with van der Waals surface area (Å²) in [5.41, 5.74) is 1.90. The Hall–Kier alpha value is -2.18. The van der Waals surface area contributed by atoms with Gasteiger partial charge in [-0.05, 0) is 12.0 Å². The number of aryl methyl sites for hydroxylation is 1. The highest BCUT2D eigenvalue weighted by atomic mass is 16.5. The second-order valence-corrected chi connectivity index (χ2v) is 4.61. The van der Waals surface area contributed by atoms with Crippen molar-refractivity contribution in [3.8, 4) is 0 Å². The second-order valence-electron chi connectivity index (χ2n) is 4.61. The smallest absolute Gasteiger partial charge is 0.360 e. The highest BCUT2D eigenvalue weighted by Gasteiger charge is 2.22. The fourth-order valence-corrected chi connectivity index (χ4v) is 1.95. The van der Waals surface area contributed by atoms with Crippen molar-refractivity contribution >= 4 is 5.97 Å². The van der Waals surface area contributed by atoms with E-state index < -0.39 is 5.97 Å². The first-order chi connectivity index (χ1) is 9.02. The van der Waals surface area contributed by atoms with Gasteiger partial charge in [-0.2, -0.15) is 5.10 Å². The summed E-state index contributed by atoms with van der Waals surface area (Å²) < 4.78 is 8.14. The molecule has 0 atom stereocenters. The van der Waals surface area contributed by atoms with Crippen LogP contribution in [-0.2, 0) is 18.3 Å². The molecule has 2 aromatic rings. The topological polar surface area (TPSA) is 74.8 Å². The van der Waals surface area contributed by atoms with Crippen molar-refractivity contribution in [2.75, 3.05) is 7.11 Å². The van der Waals surface area contributed by atoms with Crippen molar-refractivity contribution in [2.45, 2.75) is 26.3 Å². The van der Waals surface area contributed by atoms with Gasteiger partial charge >= 0.3 is 5.97 Å². The van der Waals surface area contributed by atoms with E-state index in [0.717, 1.165) is 11.4 Å². The molecule has 0 aliphatic heterocycles. The minimum Gasteiger partial charge on any atom is -0.464 e. The van der Waals surface area contributed by atoms with Crippen LogP contribution in [0.3, 0.4) is 0 Å². The highest BCUT2D eigenvalue weighted by Crippen LogP contribution is 2.19. The van der Waals surface area contributed by atoms with Crippen LogP contribution < -0.4 is 0 Å². The molecular weight excluding hydrogens is 246 g/mol. The third-order valence-electron chi connectivity index (χ3n) is 2.78. The molecule has 2 aromatic heterocycles. The normalized spacial score (nSPS) is 11.0. The number of hydrogen-bond acceptors (Lipinski definition) is 5. The van der Waals surface area contributed by atoms with Gasteiger partial charge in [0.2, 0.25) is 0 Å². The van der Waals surface area contributed by atoms with Crippen LogP contribution in [0.2, 0.25) is 0 Å². The molecule has 0 amide bonds. The number of ether oxygens (including phenoxy) is 1. The Morgan fingerprint density at radius 1 is 1.47 bits per heavy atom. The van der Waals surface area contributed by atoms with Gasteiger partial charge in [-0.1, -0.05) is 19.1 Å². The number of esters is 1. The lowest BCUT2D eigenvalue weighted by molar-refractivity contribution is 0.0592. The van der Waals surface area contributed by atoms with Gasteiger partial charge in [0.15, 0.2) is 5.69 Å². The number of nitrogens with zero attached hydrogens (tertiary/aromatic N) is 5. The summed E-state index contributed by atoms with van der Waals surface area (Å²) in [6, 6.07) is 1.91. The van der Waals surface area contributed by atoms with Gasteiger partial charge in [0.05, 0.1) is 25.0 Å². The Morgan fingerprint density at radius 3 is 2.74 bits per heavy atom. The first-order valence-corrected chi connectivity index (χ1v) is 6.03. The Bertz CT molecular complexity index is 585. The van der Waals surface area contributed by atoms with E-state index in [2.05, 4.69) is 15.4 Å². The molecule has 102 valence electrons. The van der Waals surface area contributed by atoms with Crippen LogP contribution in [0.15, 0.2) is 12.3 Å². The summed E-state index contributed by atoms with van der Waals surface area (Å²) in [4.78, 5) is 11.7. The quantitative estimate of drug-likeness (QED) is 0.768. The Labute approximate surface area is 111 Å². The lowest BCUT2D eigenvalue weighted by Crippen LogP contribution is -2.12. The first kappa shape index (κ1) is 13.3. The third kappa shape index (κ3) is 2.64. The summed E-state index contributed by atoms with van der Waals surface area (Å²) in [5, 5.41) is 12.2. The summed E-state index contributed by atoms with van der Waals surface area (Å²) >= 11 is 0. The van der Waals surface area contributed by atoms with E-state index in [1.165, 1.54) is 7.11 Å². The van der Waals surface area contributed by atoms with Crippen LogP contribution in [0.5, 0.6) is 0 Å².